The Labute approximate surface area is 90.8 Å². The molecule has 0 aliphatic rings. The van der Waals surface area contributed by atoms with Crippen molar-refractivity contribution in [3.05, 3.63) is 11.8 Å². The second-order valence-corrected chi connectivity index (χ2v) is 8.31. The summed E-state index contributed by atoms with van der Waals surface area (Å²) in [5.74, 6) is 0.489. The Bertz CT molecular complexity index is 373. The van der Waals surface area contributed by atoms with E-state index in [4.69, 9.17) is 4.52 Å². The molecule has 0 aromatic carbocycles. The standard InChI is InChI=1S/C10H19N2O2P/c1-10(2,3)7-8-6-9(14-11-8)12-15(4,5)13/h6H,7H2,1-5H3,(H,12,13). The molecule has 0 bridgehead atoms. The fourth-order valence-corrected chi connectivity index (χ4v) is 1.89. The number of nitrogens with one attached hydrogen (secondary N) is 1. The molecule has 0 atom stereocenters. The van der Waals surface area contributed by atoms with Crippen molar-refractivity contribution in [3.8, 4) is 0 Å². The molecular weight excluding hydrogens is 211 g/mol. The first-order valence-corrected chi connectivity index (χ1v) is 7.55. The van der Waals surface area contributed by atoms with E-state index in [1.54, 1.807) is 13.3 Å². The Balaban J connectivity index is 2.69. The highest BCUT2D eigenvalue weighted by atomic mass is 31.2. The molecule has 0 saturated heterocycles. The average molecular weight is 230 g/mol. The van der Waals surface area contributed by atoms with Gasteiger partial charge in [0, 0.05) is 19.4 Å². The summed E-state index contributed by atoms with van der Waals surface area (Å²) in [5.41, 5.74) is 1.06. The van der Waals surface area contributed by atoms with Gasteiger partial charge in [-0.1, -0.05) is 25.9 Å². The smallest absolute Gasteiger partial charge is 0.230 e. The van der Waals surface area contributed by atoms with E-state index in [-0.39, 0.29) is 5.41 Å². The number of rotatable bonds is 3. The zero-order chi connectivity index (χ0) is 11.7. The van der Waals surface area contributed by atoms with E-state index in [2.05, 4.69) is 31.0 Å². The lowest BCUT2D eigenvalue weighted by Crippen LogP contribution is -2.09. The maximum absolute atomic E-state index is 11.5. The van der Waals surface area contributed by atoms with Gasteiger partial charge in [0.2, 0.25) is 5.88 Å². The minimum absolute atomic E-state index is 0.177. The minimum atomic E-state index is -2.31. The maximum atomic E-state index is 11.5. The van der Waals surface area contributed by atoms with E-state index < -0.39 is 7.29 Å². The minimum Gasteiger partial charge on any atom is -0.338 e. The summed E-state index contributed by atoms with van der Waals surface area (Å²) in [7, 11) is -2.31. The molecule has 0 radical (unpaired) electrons. The first kappa shape index (κ1) is 12.3. The molecular formula is C10H19N2O2P. The van der Waals surface area contributed by atoms with Crippen LogP contribution in [0, 0.1) is 5.41 Å². The number of anilines is 1. The van der Waals surface area contributed by atoms with Gasteiger partial charge in [-0.2, -0.15) is 0 Å². The molecule has 1 heterocycles. The first-order valence-electron chi connectivity index (χ1n) is 4.95. The molecule has 0 fully saturated rings. The molecule has 86 valence electrons. The summed E-state index contributed by atoms with van der Waals surface area (Å²) in [4.78, 5) is 0. The fraction of sp³-hybridized carbons (Fsp3) is 0.700. The highest BCUT2D eigenvalue weighted by molar-refractivity contribution is 7.63. The van der Waals surface area contributed by atoms with E-state index in [1.165, 1.54) is 0 Å². The largest absolute Gasteiger partial charge is 0.338 e. The van der Waals surface area contributed by atoms with Crippen molar-refractivity contribution in [1.82, 2.24) is 5.16 Å². The molecule has 15 heavy (non-hydrogen) atoms. The average Bonchev–Trinajstić information content (AvgIpc) is 2.28. The van der Waals surface area contributed by atoms with Crippen LogP contribution >= 0.6 is 7.29 Å². The van der Waals surface area contributed by atoms with Gasteiger partial charge in [0.15, 0.2) is 7.29 Å². The van der Waals surface area contributed by atoms with Crippen LogP contribution in [0.25, 0.3) is 0 Å². The van der Waals surface area contributed by atoms with E-state index in [0.29, 0.717) is 5.88 Å². The molecule has 4 nitrogen and oxygen atoms in total. The van der Waals surface area contributed by atoms with Crippen LogP contribution in [0.4, 0.5) is 5.88 Å². The lowest BCUT2D eigenvalue weighted by molar-refractivity contribution is 0.376. The zero-order valence-corrected chi connectivity index (χ0v) is 10.9. The van der Waals surface area contributed by atoms with Crippen molar-refractivity contribution < 1.29 is 9.09 Å². The van der Waals surface area contributed by atoms with Crippen LogP contribution < -0.4 is 5.09 Å². The lowest BCUT2D eigenvalue weighted by Gasteiger charge is -2.14. The fourth-order valence-electron chi connectivity index (χ4n) is 1.26. The molecule has 1 rings (SSSR count). The van der Waals surface area contributed by atoms with Gasteiger partial charge in [0.05, 0.1) is 5.69 Å². The van der Waals surface area contributed by atoms with Gasteiger partial charge in [0.25, 0.3) is 0 Å². The van der Waals surface area contributed by atoms with Gasteiger partial charge < -0.3 is 14.2 Å². The Morgan fingerprint density at radius 3 is 2.53 bits per heavy atom. The normalized spacial score (nSPS) is 12.9. The molecule has 0 spiro atoms. The number of aromatic nitrogens is 1. The molecule has 1 aromatic heterocycles. The van der Waals surface area contributed by atoms with Crippen LogP contribution in [0.2, 0.25) is 0 Å². The predicted molar refractivity (Wildman–Crippen MR) is 62.7 cm³/mol. The van der Waals surface area contributed by atoms with Gasteiger partial charge in [-0.3, -0.25) is 0 Å². The van der Waals surface area contributed by atoms with Crippen LogP contribution in [-0.2, 0) is 11.0 Å². The maximum Gasteiger partial charge on any atom is 0.230 e. The molecule has 0 aliphatic heterocycles. The van der Waals surface area contributed by atoms with E-state index in [1.807, 2.05) is 6.07 Å². The van der Waals surface area contributed by atoms with Crippen molar-refractivity contribution in [3.63, 3.8) is 0 Å². The van der Waals surface area contributed by atoms with Crippen LogP contribution in [-0.4, -0.2) is 18.5 Å². The number of hydrogen-bond donors (Lipinski definition) is 1. The van der Waals surface area contributed by atoms with Gasteiger partial charge in [-0.15, -0.1) is 0 Å². The SMILES string of the molecule is CC(C)(C)Cc1cc(NP(C)(C)=O)on1. The Morgan fingerprint density at radius 2 is 2.07 bits per heavy atom. The molecule has 5 heteroatoms. The molecule has 0 unspecified atom stereocenters. The summed E-state index contributed by atoms with van der Waals surface area (Å²) < 4.78 is 16.5. The highest BCUT2D eigenvalue weighted by Crippen LogP contribution is 2.36. The first-order chi connectivity index (χ1) is 6.66. The second-order valence-electron chi connectivity index (χ2n) is 5.38. The lowest BCUT2D eigenvalue weighted by atomic mass is 9.91. The van der Waals surface area contributed by atoms with Gasteiger partial charge >= 0.3 is 0 Å². The molecule has 0 saturated carbocycles. The monoisotopic (exact) mass is 230 g/mol. The van der Waals surface area contributed by atoms with E-state index in [0.717, 1.165) is 12.1 Å². The third-order valence-corrected chi connectivity index (χ3v) is 2.41. The molecule has 1 aromatic rings. The Kier molecular flexibility index (Phi) is 3.29. The van der Waals surface area contributed by atoms with Gasteiger partial charge in [-0.25, -0.2) is 0 Å². The predicted octanol–water partition coefficient (Wildman–Crippen LogP) is 3.21. The van der Waals surface area contributed by atoms with Crippen LogP contribution in [0.3, 0.4) is 0 Å². The highest BCUT2D eigenvalue weighted by Gasteiger charge is 2.16. The van der Waals surface area contributed by atoms with Crippen molar-refractivity contribution in [2.24, 2.45) is 5.41 Å². The van der Waals surface area contributed by atoms with Crippen LogP contribution in [0.15, 0.2) is 10.6 Å². The van der Waals surface area contributed by atoms with Crippen molar-refractivity contribution in [1.29, 1.82) is 0 Å². The van der Waals surface area contributed by atoms with Crippen molar-refractivity contribution in [2.75, 3.05) is 18.4 Å². The van der Waals surface area contributed by atoms with Crippen molar-refractivity contribution in [2.45, 2.75) is 27.2 Å². The number of hydrogen-bond acceptors (Lipinski definition) is 3. The second kappa shape index (κ2) is 4.01. The van der Waals surface area contributed by atoms with Crippen molar-refractivity contribution >= 4 is 13.2 Å². The van der Waals surface area contributed by atoms with Crippen LogP contribution in [0.1, 0.15) is 26.5 Å². The molecule has 0 aliphatic carbocycles. The van der Waals surface area contributed by atoms with Gasteiger partial charge in [-0.05, 0) is 11.8 Å². The summed E-state index contributed by atoms with van der Waals surface area (Å²) in [6.07, 6.45) is 0.843. The summed E-state index contributed by atoms with van der Waals surface area (Å²) >= 11 is 0. The van der Waals surface area contributed by atoms with E-state index >= 15 is 0 Å². The topological polar surface area (TPSA) is 55.1 Å². The summed E-state index contributed by atoms with van der Waals surface area (Å²) in [6, 6.07) is 1.81. The zero-order valence-electron chi connectivity index (χ0n) is 10.00. The Morgan fingerprint density at radius 1 is 1.47 bits per heavy atom. The third-order valence-electron chi connectivity index (χ3n) is 1.65. The van der Waals surface area contributed by atoms with Gasteiger partial charge in [0.1, 0.15) is 0 Å². The third kappa shape index (κ3) is 5.03. The summed E-state index contributed by atoms with van der Waals surface area (Å²) in [5, 5.41) is 6.74. The molecule has 0 amide bonds. The quantitative estimate of drug-likeness (QED) is 0.810. The number of nitrogens with zero attached hydrogens (tertiary/aromatic N) is 1. The van der Waals surface area contributed by atoms with Crippen LogP contribution in [0.5, 0.6) is 0 Å². The Hall–Kier alpha value is -0.760. The summed E-state index contributed by atoms with van der Waals surface area (Å²) in [6.45, 7) is 9.72. The van der Waals surface area contributed by atoms with E-state index in [9.17, 15) is 4.57 Å². The molecule has 1 N–H and O–H groups in total.